The Morgan fingerprint density at radius 1 is 0.889 bits per heavy atom. The molecule has 6 rings (SSSR count). The van der Waals surface area contributed by atoms with Crippen molar-refractivity contribution in [3.05, 3.63) is 98.4 Å². The summed E-state index contributed by atoms with van der Waals surface area (Å²) in [6, 6.07) is 19.3. The maximum atomic E-state index is 17.0. The van der Waals surface area contributed by atoms with E-state index in [4.69, 9.17) is 19.2 Å². The Kier molecular flexibility index (Phi) is 11.5. The highest BCUT2D eigenvalue weighted by Crippen LogP contribution is 2.39. The number of pyridine rings is 1. The third-order valence-electron chi connectivity index (χ3n) is 9.38. The predicted octanol–water partition coefficient (Wildman–Crippen LogP) is 8.86. The van der Waals surface area contributed by atoms with E-state index < -0.39 is 23.6 Å². The second-order valence-electron chi connectivity index (χ2n) is 14.6. The summed E-state index contributed by atoms with van der Waals surface area (Å²) in [6.45, 7) is 13.2. The number of hydrogen-bond donors (Lipinski definition) is 0. The van der Waals surface area contributed by atoms with Gasteiger partial charge in [-0.3, -0.25) is 0 Å². The largest absolute Gasteiger partial charge is 0.497 e. The van der Waals surface area contributed by atoms with Gasteiger partial charge in [-0.2, -0.15) is 14.4 Å². The van der Waals surface area contributed by atoms with Crippen molar-refractivity contribution in [2.45, 2.75) is 66.3 Å². The van der Waals surface area contributed by atoms with E-state index in [9.17, 15) is 4.79 Å². The molecule has 5 aromatic rings. The highest BCUT2D eigenvalue weighted by Gasteiger charge is 2.33. The minimum Gasteiger partial charge on any atom is -0.497 e. The molecule has 0 saturated carbocycles. The number of fused-ring (bicyclic) bond motifs is 1. The van der Waals surface area contributed by atoms with Crippen LogP contribution in [0.25, 0.3) is 22.2 Å². The average molecular weight is 851 g/mol. The van der Waals surface area contributed by atoms with E-state index in [0.717, 1.165) is 31.8 Å². The molecule has 0 radical (unpaired) electrons. The Morgan fingerprint density at radius 2 is 1.48 bits per heavy atom. The molecule has 0 spiro atoms. The van der Waals surface area contributed by atoms with Gasteiger partial charge in [0.05, 0.1) is 19.9 Å². The van der Waals surface area contributed by atoms with Gasteiger partial charge >= 0.3 is 12.2 Å². The van der Waals surface area contributed by atoms with E-state index in [1.807, 2.05) is 107 Å². The summed E-state index contributed by atoms with van der Waals surface area (Å²) in [5.41, 5.74) is 3.52. The zero-order chi connectivity index (χ0) is 38.9. The molecular weight excluding hydrogens is 805 g/mol. The zero-order valence-electron chi connectivity index (χ0n) is 31.8. The summed E-state index contributed by atoms with van der Waals surface area (Å²) in [5.74, 6) is 1.77. The monoisotopic (exact) mass is 850 g/mol. The summed E-state index contributed by atoms with van der Waals surface area (Å²) in [6.07, 6.45) is -1.45. The normalized spacial score (nSPS) is 14.7. The number of benzene rings is 3. The molecule has 54 heavy (non-hydrogen) atoms. The minimum atomic E-state index is -1.04. The first-order valence-corrected chi connectivity index (χ1v) is 18.8. The Bertz CT molecular complexity index is 2110. The average Bonchev–Trinajstić information content (AvgIpc) is 3.13. The van der Waals surface area contributed by atoms with Gasteiger partial charge in [0, 0.05) is 53.3 Å². The van der Waals surface area contributed by atoms with Crippen LogP contribution in [-0.4, -0.2) is 71.4 Å². The number of halogens is 3. The van der Waals surface area contributed by atoms with Crippen LogP contribution in [0.15, 0.2) is 60.7 Å². The highest BCUT2D eigenvalue weighted by atomic mass is 127. The van der Waals surface area contributed by atoms with Gasteiger partial charge in [0.1, 0.15) is 34.3 Å². The Morgan fingerprint density at radius 3 is 2.02 bits per heavy atom. The second-order valence-corrected chi connectivity index (χ2v) is 15.7. The summed E-state index contributed by atoms with van der Waals surface area (Å²) in [7, 11) is 3.27. The van der Waals surface area contributed by atoms with Crippen LogP contribution in [0.2, 0.25) is 0 Å². The standard InChI is InChI=1S/C41H45F2IN6O4/c1-24-19-31-36(46-39(43)47-38(31)50-18-17-48(21-26(50)3)40(51)54-41(4,5)6)34(42)33(24)37-35(44)25(2)20-32(45-37)49(22-27-9-13-29(52-7)14-10-27)23-28-11-15-30(53-8)16-12-28/h9-16,19-20,26H,17-18,21-23H2,1-8H3/t26-/m0/s1. The topological polar surface area (TPSA) is 93.2 Å². The molecule has 1 fully saturated rings. The smallest absolute Gasteiger partial charge is 0.410 e. The van der Waals surface area contributed by atoms with Gasteiger partial charge in [0.15, 0.2) is 5.82 Å². The molecule has 0 unspecified atom stereocenters. The minimum absolute atomic E-state index is 0.131. The Labute approximate surface area is 328 Å². The van der Waals surface area contributed by atoms with E-state index in [1.54, 1.807) is 19.1 Å². The number of hydrogen-bond acceptors (Lipinski definition) is 9. The number of ether oxygens (including phenoxy) is 3. The van der Waals surface area contributed by atoms with Crippen LogP contribution in [0.4, 0.5) is 25.2 Å². The van der Waals surface area contributed by atoms with Crippen molar-refractivity contribution in [2.24, 2.45) is 0 Å². The maximum absolute atomic E-state index is 17.0. The molecule has 0 bridgehead atoms. The van der Waals surface area contributed by atoms with Crippen LogP contribution >= 0.6 is 22.6 Å². The number of aromatic nitrogens is 3. The lowest BCUT2D eigenvalue weighted by atomic mass is 9.99. The number of anilines is 2. The van der Waals surface area contributed by atoms with Crippen molar-refractivity contribution >= 4 is 51.2 Å². The number of carbonyl (C=O) groups excluding carboxylic acids is 1. The Balaban J connectivity index is 1.40. The lowest BCUT2D eigenvalue weighted by Gasteiger charge is -2.41. The number of methoxy groups -OCH3 is 2. The fraction of sp³-hybridized carbons (Fsp3) is 0.366. The summed E-state index contributed by atoms with van der Waals surface area (Å²) >= 11 is 2.20. The summed E-state index contributed by atoms with van der Waals surface area (Å²) in [4.78, 5) is 31.8. The van der Waals surface area contributed by atoms with Crippen molar-refractivity contribution < 1.29 is 27.8 Å². The predicted molar refractivity (Wildman–Crippen MR) is 215 cm³/mol. The van der Waals surface area contributed by atoms with Gasteiger partial charge in [-0.1, -0.05) is 24.3 Å². The van der Waals surface area contributed by atoms with Crippen LogP contribution in [0.1, 0.15) is 49.9 Å². The molecule has 3 aromatic carbocycles. The number of nitrogens with zero attached hydrogens (tertiary/aromatic N) is 6. The first-order valence-electron chi connectivity index (χ1n) is 17.7. The van der Waals surface area contributed by atoms with Gasteiger partial charge in [0.2, 0.25) is 0 Å². The highest BCUT2D eigenvalue weighted by molar-refractivity contribution is 14.1. The fourth-order valence-electron chi connectivity index (χ4n) is 6.67. The summed E-state index contributed by atoms with van der Waals surface area (Å²) < 4.78 is 49.4. The molecule has 2 aromatic heterocycles. The molecule has 1 amide bonds. The van der Waals surface area contributed by atoms with E-state index in [1.165, 1.54) is 0 Å². The van der Waals surface area contributed by atoms with Crippen molar-refractivity contribution in [3.63, 3.8) is 0 Å². The first kappa shape index (κ1) is 38.9. The fourth-order valence-corrected chi connectivity index (χ4v) is 7.22. The molecule has 0 aliphatic carbocycles. The van der Waals surface area contributed by atoms with Gasteiger partial charge in [0.25, 0.3) is 0 Å². The zero-order valence-corrected chi connectivity index (χ0v) is 34.0. The van der Waals surface area contributed by atoms with E-state index in [2.05, 4.69) is 37.5 Å². The van der Waals surface area contributed by atoms with Crippen LogP contribution in [0.5, 0.6) is 11.5 Å². The molecule has 3 heterocycles. The van der Waals surface area contributed by atoms with Crippen LogP contribution in [0, 0.1) is 29.3 Å². The van der Waals surface area contributed by atoms with Gasteiger partial charge in [-0.05, 0) is 123 Å². The second kappa shape index (κ2) is 15.9. The van der Waals surface area contributed by atoms with Gasteiger partial charge < -0.3 is 28.9 Å². The van der Waals surface area contributed by atoms with Crippen molar-refractivity contribution in [3.8, 4) is 22.8 Å². The third kappa shape index (κ3) is 8.45. The lowest BCUT2D eigenvalue weighted by Crippen LogP contribution is -2.55. The third-order valence-corrected chi connectivity index (χ3v) is 10.7. The Hall–Kier alpha value is -4.79. The van der Waals surface area contributed by atoms with Crippen LogP contribution in [-0.2, 0) is 17.8 Å². The molecule has 1 saturated heterocycles. The van der Waals surface area contributed by atoms with Gasteiger partial charge in [-0.15, -0.1) is 0 Å². The van der Waals surface area contributed by atoms with Crippen molar-refractivity contribution in [1.82, 2.24) is 19.9 Å². The van der Waals surface area contributed by atoms with Crippen LogP contribution in [0.3, 0.4) is 0 Å². The van der Waals surface area contributed by atoms with Crippen molar-refractivity contribution in [1.29, 1.82) is 0 Å². The van der Waals surface area contributed by atoms with E-state index in [-0.39, 0.29) is 22.9 Å². The molecule has 1 aliphatic rings. The SMILES string of the molecule is COc1ccc(CN(Cc2ccc(OC)cc2)c2cc(C)c(I)c(-c3c(C)cc4c(N5CCN(C(=O)OC(C)(C)C)C[C@@H]5C)nc(F)nc4c3F)n2)cc1. The molecule has 13 heteroatoms. The van der Waals surface area contributed by atoms with Crippen molar-refractivity contribution in [2.75, 3.05) is 43.7 Å². The van der Waals surface area contributed by atoms with E-state index >= 15 is 8.78 Å². The summed E-state index contributed by atoms with van der Waals surface area (Å²) in [5, 5.41) is 0.385. The van der Waals surface area contributed by atoms with Crippen LogP contribution < -0.4 is 19.3 Å². The van der Waals surface area contributed by atoms with Gasteiger partial charge in [-0.25, -0.2) is 14.2 Å². The molecule has 0 N–H and O–H groups in total. The molecular formula is C41H45F2IN6O4. The molecule has 10 nitrogen and oxygen atoms in total. The first-order chi connectivity index (χ1) is 25.6. The molecule has 284 valence electrons. The number of amides is 1. The molecule has 1 aliphatic heterocycles. The lowest BCUT2D eigenvalue weighted by molar-refractivity contribution is 0.0218. The molecule has 1 atom stereocenters. The number of carbonyl (C=O) groups is 1. The number of piperazine rings is 1. The van der Waals surface area contributed by atoms with E-state index in [0.29, 0.717) is 55.2 Å². The number of aryl methyl sites for hydroxylation is 2. The maximum Gasteiger partial charge on any atom is 0.410 e. The number of rotatable bonds is 9. The quantitative estimate of drug-likeness (QED) is 0.107.